The molecule has 4 atom stereocenters. The molecule has 71 heavy (non-hydrogen) atoms. The molecule has 0 saturated carbocycles. The number of anilines is 1. The minimum Gasteiger partial charge on any atom is -0.444 e. The van der Waals surface area contributed by atoms with Crippen molar-refractivity contribution in [2.75, 3.05) is 31.9 Å². The van der Waals surface area contributed by atoms with E-state index in [1.165, 1.54) is 40.7 Å². The van der Waals surface area contributed by atoms with Gasteiger partial charge in [-0.1, -0.05) is 95.8 Å². The molecule has 0 unspecified atom stereocenters. The highest BCUT2D eigenvalue weighted by atomic mass is 32.2. The third kappa shape index (κ3) is 21.3. The number of nitro benzene ring substituents is 1. The molecule has 20 heteroatoms. The summed E-state index contributed by atoms with van der Waals surface area (Å²) in [5.41, 5.74) is 6.20. The zero-order valence-corrected chi connectivity index (χ0v) is 43.4. The highest BCUT2D eigenvalue weighted by Gasteiger charge is 2.34. The van der Waals surface area contributed by atoms with Gasteiger partial charge in [-0.15, -0.1) is 0 Å². The summed E-state index contributed by atoms with van der Waals surface area (Å²) in [6, 6.07) is 27.5. The number of ether oxygens (including phenoxy) is 2. The van der Waals surface area contributed by atoms with E-state index < -0.39 is 72.7 Å². The molecule has 4 rings (SSSR count). The molecule has 0 spiro atoms. The van der Waals surface area contributed by atoms with E-state index >= 15 is 0 Å². The zero-order valence-electron chi connectivity index (χ0n) is 41.8. The molecule has 0 aliphatic carbocycles. The molecule has 394 valence electrons. The summed E-state index contributed by atoms with van der Waals surface area (Å²) < 4.78 is 66.7. The number of nitrogen functional groups attached to an aromatic ring is 1. The van der Waals surface area contributed by atoms with Crippen molar-refractivity contribution in [1.29, 1.82) is 0 Å². The van der Waals surface area contributed by atoms with Gasteiger partial charge in [-0.3, -0.25) is 10.1 Å². The van der Waals surface area contributed by atoms with Crippen LogP contribution in [-0.4, -0.2) is 114 Å². The number of hydrogen-bond acceptors (Lipinski definition) is 13. The van der Waals surface area contributed by atoms with Crippen LogP contribution in [0.3, 0.4) is 0 Å². The van der Waals surface area contributed by atoms with Gasteiger partial charge in [-0.2, -0.15) is 8.61 Å². The number of nitrogens with zero attached hydrogens (tertiary/aromatic N) is 3. The SMILES string of the molecule is C.CC(C)CN(C[C@@H](O)[C@H](Cc1ccccc1)NC(=O)OC(C)(C)C)S(=O)(=O)c1ccc(N)cc1.CC(C)CN(C[C@@H](O)[C@H](Cc1ccccc1)NC(=O)OC(C)(C)C)S(=O)(=O)c1ccc([N+](=O)[O-])cc1. The summed E-state index contributed by atoms with van der Waals surface area (Å²) in [4.78, 5) is 35.3. The summed E-state index contributed by atoms with van der Waals surface area (Å²) in [5.74, 6) is -0.0569. The number of non-ortho nitro benzene ring substituents is 1. The summed E-state index contributed by atoms with van der Waals surface area (Å²) in [6.07, 6.45) is -3.31. The molecule has 0 heterocycles. The van der Waals surface area contributed by atoms with Crippen LogP contribution in [0.4, 0.5) is 21.0 Å². The normalized spacial score (nSPS) is 13.8. The highest BCUT2D eigenvalue weighted by Crippen LogP contribution is 2.24. The van der Waals surface area contributed by atoms with Crippen molar-refractivity contribution in [3.8, 4) is 0 Å². The number of nitrogens with one attached hydrogen (secondary N) is 2. The van der Waals surface area contributed by atoms with Crippen LogP contribution in [0.1, 0.15) is 87.8 Å². The Labute approximate surface area is 421 Å². The number of rotatable bonds is 21. The lowest BCUT2D eigenvalue weighted by atomic mass is 10.0. The average molecular weight is 1030 g/mol. The number of nitro groups is 1. The van der Waals surface area contributed by atoms with Gasteiger partial charge >= 0.3 is 12.2 Å². The van der Waals surface area contributed by atoms with Gasteiger partial charge in [0.2, 0.25) is 20.0 Å². The van der Waals surface area contributed by atoms with Gasteiger partial charge < -0.3 is 36.1 Å². The Bertz CT molecular complexity index is 2480. The molecular weight excluding hydrogens is 953 g/mol. The Balaban J connectivity index is 0.000000481. The van der Waals surface area contributed by atoms with Crippen LogP contribution in [0.15, 0.2) is 119 Å². The van der Waals surface area contributed by atoms with Crippen molar-refractivity contribution in [2.24, 2.45) is 11.8 Å². The molecular formula is C51H76N6O12S2. The van der Waals surface area contributed by atoms with Crippen molar-refractivity contribution in [3.05, 3.63) is 130 Å². The van der Waals surface area contributed by atoms with Crippen molar-refractivity contribution in [1.82, 2.24) is 19.2 Å². The first-order valence-electron chi connectivity index (χ1n) is 23.0. The third-order valence-corrected chi connectivity index (χ3v) is 13.7. The monoisotopic (exact) mass is 1030 g/mol. The van der Waals surface area contributed by atoms with Crippen molar-refractivity contribution >= 4 is 43.6 Å². The van der Waals surface area contributed by atoms with Crippen LogP contribution < -0.4 is 16.4 Å². The first-order chi connectivity index (χ1) is 32.5. The maximum absolute atomic E-state index is 13.4. The Morgan fingerprint density at radius 2 is 0.930 bits per heavy atom. The minimum absolute atomic E-state index is 0. The number of aliphatic hydroxyl groups excluding tert-OH is 2. The standard InChI is InChI=1S/C25H35N3O7S.C25H37N3O5S.CH4/c1-18(2)16-27(36(33,34)21-13-11-20(12-14-21)28(31)32)17-23(29)22(15-19-9-7-6-8-10-19)26-24(30)35-25(3,4)5;1-18(2)16-28(34(31,32)21-13-11-20(26)12-14-21)17-23(29)22(15-19-9-7-6-8-10-19)27-24(30)33-25(3,4)5;/h6-14,18,22-23,29H,15-17H2,1-5H3,(H,26,30);6-14,18,22-23,29H,15-17,26H2,1-5H3,(H,27,30);1H4/t2*22-,23+;/m00./s1. The first kappa shape index (κ1) is 61.5. The van der Waals surface area contributed by atoms with E-state index in [2.05, 4.69) is 10.6 Å². The summed E-state index contributed by atoms with van der Waals surface area (Å²) in [7, 11) is -7.99. The molecule has 4 aromatic carbocycles. The van der Waals surface area contributed by atoms with E-state index in [0.29, 0.717) is 12.1 Å². The second kappa shape index (κ2) is 27.3. The molecule has 6 N–H and O–H groups in total. The van der Waals surface area contributed by atoms with Crippen LogP contribution in [0.2, 0.25) is 0 Å². The molecule has 4 aromatic rings. The van der Waals surface area contributed by atoms with E-state index in [9.17, 15) is 46.8 Å². The van der Waals surface area contributed by atoms with Gasteiger partial charge in [-0.05, 0) is 114 Å². The Kier molecular flexibility index (Phi) is 23.6. The number of aliphatic hydroxyl groups is 2. The van der Waals surface area contributed by atoms with Crippen LogP contribution in [0.25, 0.3) is 0 Å². The molecule has 0 fully saturated rings. The van der Waals surface area contributed by atoms with Crippen LogP contribution in [0.5, 0.6) is 0 Å². The second-order valence-corrected chi connectivity index (χ2v) is 23.6. The van der Waals surface area contributed by atoms with Gasteiger partial charge in [0.25, 0.3) is 5.69 Å². The highest BCUT2D eigenvalue weighted by molar-refractivity contribution is 7.89. The maximum Gasteiger partial charge on any atom is 0.407 e. The van der Waals surface area contributed by atoms with Crippen LogP contribution >= 0.6 is 0 Å². The van der Waals surface area contributed by atoms with Gasteiger partial charge in [0.15, 0.2) is 0 Å². The number of hydrogen-bond donors (Lipinski definition) is 5. The number of nitrogens with two attached hydrogens (primary N) is 1. The van der Waals surface area contributed by atoms with Gasteiger partial charge in [0, 0.05) is 44.0 Å². The Morgan fingerprint density at radius 3 is 1.23 bits per heavy atom. The van der Waals surface area contributed by atoms with Crippen molar-refractivity contribution in [3.63, 3.8) is 0 Å². The van der Waals surface area contributed by atoms with Gasteiger partial charge in [-0.25, -0.2) is 26.4 Å². The van der Waals surface area contributed by atoms with Gasteiger partial charge in [0.05, 0.1) is 39.0 Å². The lowest BCUT2D eigenvalue weighted by Crippen LogP contribution is -2.51. The number of sulfonamides is 2. The predicted molar refractivity (Wildman–Crippen MR) is 276 cm³/mol. The van der Waals surface area contributed by atoms with Gasteiger partial charge in [0.1, 0.15) is 11.2 Å². The Morgan fingerprint density at radius 1 is 0.606 bits per heavy atom. The molecule has 0 aliphatic rings. The largest absolute Gasteiger partial charge is 0.444 e. The summed E-state index contributed by atoms with van der Waals surface area (Å²) >= 11 is 0. The predicted octanol–water partition coefficient (Wildman–Crippen LogP) is 7.79. The fraction of sp³-hybridized carbons (Fsp3) is 0.490. The minimum atomic E-state index is -4.09. The molecule has 0 aliphatic heterocycles. The Hall–Kier alpha value is -5.64. The molecule has 18 nitrogen and oxygen atoms in total. The number of benzene rings is 4. The number of alkyl carbamates (subject to hydrolysis) is 2. The van der Waals surface area contributed by atoms with Crippen LogP contribution in [-0.2, 0) is 42.4 Å². The topological polar surface area (TPSA) is 261 Å². The molecule has 0 aromatic heterocycles. The number of carbonyl (C=O) groups is 2. The van der Waals surface area contributed by atoms with E-state index in [-0.39, 0.29) is 67.3 Å². The molecule has 0 radical (unpaired) electrons. The maximum atomic E-state index is 13.4. The van der Waals surface area contributed by atoms with E-state index in [1.54, 1.807) is 41.5 Å². The van der Waals surface area contributed by atoms with E-state index in [1.807, 2.05) is 88.4 Å². The molecule has 0 saturated heterocycles. The van der Waals surface area contributed by atoms with Crippen molar-refractivity contribution < 1.29 is 51.0 Å². The average Bonchev–Trinajstić information content (AvgIpc) is 3.25. The fourth-order valence-electron chi connectivity index (χ4n) is 6.93. The smallest absolute Gasteiger partial charge is 0.407 e. The number of amides is 2. The second-order valence-electron chi connectivity index (χ2n) is 19.8. The van der Waals surface area contributed by atoms with Crippen LogP contribution in [0, 0.1) is 22.0 Å². The zero-order chi connectivity index (χ0) is 52.6. The van der Waals surface area contributed by atoms with Crippen molar-refractivity contribution in [2.45, 2.75) is 135 Å². The third-order valence-electron chi connectivity index (χ3n) is 10.1. The molecule has 0 bridgehead atoms. The summed E-state index contributed by atoms with van der Waals surface area (Å²) in [5, 5.41) is 38.7. The van der Waals surface area contributed by atoms with E-state index in [4.69, 9.17) is 15.2 Å². The number of carbonyl (C=O) groups excluding carboxylic acids is 2. The lowest BCUT2D eigenvalue weighted by Gasteiger charge is -2.31. The quantitative estimate of drug-likeness (QED) is 0.0304. The summed E-state index contributed by atoms with van der Waals surface area (Å²) in [6.45, 7) is 17.7. The lowest BCUT2D eigenvalue weighted by molar-refractivity contribution is -0.384. The van der Waals surface area contributed by atoms with E-state index in [0.717, 1.165) is 27.6 Å². The molecule has 2 amide bonds. The first-order valence-corrected chi connectivity index (χ1v) is 25.9. The fourth-order valence-corrected chi connectivity index (χ4v) is 10.2.